The molecule has 1 fully saturated rings. The van der Waals surface area contributed by atoms with Gasteiger partial charge < -0.3 is 11.1 Å². The van der Waals surface area contributed by atoms with Crippen LogP contribution in [0.4, 0.5) is 4.39 Å². The van der Waals surface area contributed by atoms with E-state index in [1.807, 2.05) is 0 Å². The van der Waals surface area contributed by atoms with E-state index in [4.69, 9.17) is 28.9 Å². The summed E-state index contributed by atoms with van der Waals surface area (Å²) >= 11 is 11.8. The predicted octanol–water partition coefficient (Wildman–Crippen LogP) is 2.80. The van der Waals surface area contributed by atoms with Crippen LogP contribution in [-0.4, -0.2) is 11.4 Å². The molecule has 0 heterocycles. The molecule has 98 valence electrons. The van der Waals surface area contributed by atoms with E-state index in [1.165, 1.54) is 12.1 Å². The second kappa shape index (κ2) is 4.68. The molecule has 0 saturated heterocycles. The third kappa shape index (κ3) is 2.46. The summed E-state index contributed by atoms with van der Waals surface area (Å²) < 4.78 is 13.4. The topological polar surface area (TPSA) is 55.1 Å². The first kappa shape index (κ1) is 13.6. The number of hydrogen-bond donors (Lipinski definition) is 2. The second-order valence-corrected chi connectivity index (χ2v) is 5.39. The summed E-state index contributed by atoms with van der Waals surface area (Å²) in [6.07, 6.45) is 1.33. The van der Waals surface area contributed by atoms with Gasteiger partial charge in [0.05, 0.1) is 16.6 Å². The maximum Gasteiger partial charge on any atom is 0.240 e. The smallest absolute Gasteiger partial charge is 0.240 e. The summed E-state index contributed by atoms with van der Waals surface area (Å²) in [6, 6.07) is 2.11. The minimum absolute atomic E-state index is 0.0721. The first-order chi connectivity index (χ1) is 8.35. The Morgan fingerprint density at radius 3 is 2.67 bits per heavy atom. The second-order valence-electron chi connectivity index (χ2n) is 4.61. The number of amides is 1. The van der Waals surface area contributed by atoms with Gasteiger partial charge in [-0.15, -0.1) is 0 Å². The van der Waals surface area contributed by atoms with Crippen molar-refractivity contribution in [3.8, 4) is 0 Å². The average molecular weight is 291 g/mol. The molecule has 6 heteroatoms. The van der Waals surface area contributed by atoms with Gasteiger partial charge in [0.1, 0.15) is 5.82 Å². The molecule has 2 rings (SSSR count). The Hall–Kier alpha value is -0.840. The summed E-state index contributed by atoms with van der Waals surface area (Å²) in [7, 11) is 0. The molecular weight excluding hydrogens is 278 g/mol. The fraction of sp³-hybridized carbons (Fsp3) is 0.417. The van der Waals surface area contributed by atoms with Crippen molar-refractivity contribution in [2.24, 2.45) is 5.73 Å². The maximum atomic E-state index is 13.4. The molecule has 1 unspecified atom stereocenters. The normalized spacial score (nSPS) is 18.3. The first-order valence-electron chi connectivity index (χ1n) is 5.58. The lowest BCUT2D eigenvalue weighted by Crippen LogP contribution is -2.43. The molecule has 1 aliphatic rings. The minimum atomic E-state index is -0.777. The van der Waals surface area contributed by atoms with E-state index in [-0.39, 0.29) is 10.9 Å². The highest BCUT2D eigenvalue weighted by atomic mass is 35.5. The van der Waals surface area contributed by atoms with Gasteiger partial charge in [-0.3, -0.25) is 4.79 Å². The average Bonchev–Trinajstić information content (AvgIpc) is 3.04. The highest BCUT2D eigenvalue weighted by molar-refractivity contribution is 6.36. The third-order valence-electron chi connectivity index (χ3n) is 3.10. The van der Waals surface area contributed by atoms with Crippen molar-refractivity contribution in [2.75, 3.05) is 0 Å². The van der Waals surface area contributed by atoms with Crippen LogP contribution in [0.1, 0.15) is 31.4 Å². The van der Waals surface area contributed by atoms with Gasteiger partial charge in [-0.25, -0.2) is 4.39 Å². The molecule has 0 bridgehead atoms. The zero-order valence-electron chi connectivity index (χ0n) is 9.77. The Labute approximate surface area is 114 Å². The van der Waals surface area contributed by atoms with E-state index < -0.39 is 17.4 Å². The fourth-order valence-electron chi connectivity index (χ4n) is 1.71. The number of rotatable bonds is 3. The van der Waals surface area contributed by atoms with Gasteiger partial charge in [-0.05, 0) is 31.9 Å². The summed E-state index contributed by atoms with van der Waals surface area (Å²) in [5.41, 5.74) is 5.36. The van der Waals surface area contributed by atoms with Crippen molar-refractivity contribution in [1.82, 2.24) is 5.32 Å². The number of carbonyl (C=O) groups is 1. The lowest BCUT2D eigenvalue weighted by Gasteiger charge is -2.19. The van der Waals surface area contributed by atoms with Gasteiger partial charge in [0.2, 0.25) is 5.91 Å². The zero-order chi connectivity index (χ0) is 13.5. The van der Waals surface area contributed by atoms with Gasteiger partial charge >= 0.3 is 0 Å². The van der Waals surface area contributed by atoms with Gasteiger partial charge in [-0.2, -0.15) is 0 Å². The molecule has 0 aliphatic heterocycles. The standard InChI is InChI=1S/C12H13Cl2FN2O/c1-6(17-11(18)12(16)4-5-12)9-7(13)2-3-8(15)10(9)14/h2-3,6H,4-5,16H2,1H3,(H,17,18). The maximum absolute atomic E-state index is 13.4. The molecule has 1 aliphatic carbocycles. The molecule has 3 nitrogen and oxygen atoms in total. The van der Waals surface area contributed by atoms with Crippen molar-refractivity contribution >= 4 is 29.1 Å². The van der Waals surface area contributed by atoms with Crippen LogP contribution in [0.25, 0.3) is 0 Å². The first-order valence-corrected chi connectivity index (χ1v) is 6.34. The fourth-order valence-corrected chi connectivity index (χ4v) is 2.41. The van der Waals surface area contributed by atoms with Crippen LogP contribution < -0.4 is 11.1 Å². The van der Waals surface area contributed by atoms with Gasteiger partial charge in [0, 0.05) is 10.6 Å². The van der Waals surface area contributed by atoms with Crippen LogP contribution in [-0.2, 0) is 4.79 Å². The van der Waals surface area contributed by atoms with Gasteiger partial charge in [-0.1, -0.05) is 23.2 Å². The molecule has 18 heavy (non-hydrogen) atoms. The molecule has 1 saturated carbocycles. The quantitative estimate of drug-likeness (QED) is 0.841. The summed E-state index contributed by atoms with van der Waals surface area (Å²) in [4.78, 5) is 11.8. The highest BCUT2D eigenvalue weighted by Gasteiger charge is 2.46. The van der Waals surface area contributed by atoms with Crippen LogP contribution >= 0.6 is 23.2 Å². The number of nitrogens with one attached hydrogen (secondary N) is 1. The molecule has 1 amide bonds. The van der Waals surface area contributed by atoms with E-state index >= 15 is 0 Å². The largest absolute Gasteiger partial charge is 0.348 e. The predicted molar refractivity (Wildman–Crippen MR) is 69.1 cm³/mol. The summed E-state index contributed by atoms with van der Waals surface area (Å²) in [5, 5.41) is 2.95. The van der Waals surface area contributed by atoms with E-state index in [2.05, 4.69) is 5.32 Å². The lowest BCUT2D eigenvalue weighted by molar-refractivity contribution is -0.123. The Morgan fingerprint density at radius 1 is 1.50 bits per heavy atom. The van der Waals surface area contributed by atoms with Crippen LogP contribution in [0.5, 0.6) is 0 Å². The molecule has 0 aromatic heterocycles. The van der Waals surface area contributed by atoms with E-state index in [9.17, 15) is 9.18 Å². The Bertz CT molecular complexity index is 503. The van der Waals surface area contributed by atoms with Crippen LogP contribution in [0.15, 0.2) is 12.1 Å². The summed E-state index contributed by atoms with van der Waals surface area (Å²) in [6.45, 7) is 1.69. The van der Waals surface area contributed by atoms with Crippen molar-refractivity contribution in [1.29, 1.82) is 0 Å². The molecule has 0 spiro atoms. The van der Waals surface area contributed by atoms with E-state index in [1.54, 1.807) is 6.92 Å². The number of hydrogen-bond acceptors (Lipinski definition) is 2. The molecule has 0 radical (unpaired) electrons. The van der Waals surface area contributed by atoms with Gasteiger partial charge in [0.25, 0.3) is 0 Å². The number of nitrogens with two attached hydrogens (primary N) is 1. The summed E-state index contributed by atoms with van der Waals surface area (Å²) in [5.74, 6) is -0.822. The third-order valence-corrected chi connectivity index (χ3v) is 3.81. The minimum Gasteiger partial charge on any atom is -0.348 e. The lowest BCUT2D eigenvalue weighted by atomic mass is 10.1. The van der Waals surface area contributed by atoms with Crippen LogP contribution in [0.3, 0.4) is 0 Å². The van der Waals surface area contributed by atoms with Crippen molar-refractivity contribution in [3.05, 3.63) is 33.6 Å². The van der Waals surface area contributed by atoms with E-state index in [0.29, 0.717) is 23.4 Å². The number of carbonyl (C=O) groups excluding carboxylic acids is 1. The number of benzene rings is 1. The molecule has 1 aromatic carbocycles. The number of halogens is 3. The Balaban J connectivity index is 2.21. The van der Waals surface area contributed by atoms with Crippen molar-refractivity contribution in [2.45, 2.75) is 31.3 Å². The molecule has 1 atom stereocenters. The highest BCUT2D eigenvalue weighted by Crippen LogP contribution is 2.35. The molecular formula is C12H13Cl2FN2O. The monoisotopic (exact) mass is 290 g/mol. The Kier molecular flexibility index (Phi) is 3.54. The van der Waals surface area contributed by atoms with E-state index in [0.717, 1.165) is 0 Å². The molecule has 3 N–H and O–H groups in total. The Morgan fingerprint density at radius 2 is 2.11 bits per heavy atom. The van der Waals surface area contributed by atoms with Crippen molar-refractivity contribution in [3.63, 3.8) is 0 Å². The van der Waals surface area contributed by atoms with Crippen LogP contribution in [0.2, 0.25) is 10.0 Å². The zero-order valence-corrected chi connectivity index (χ0v) is 11.3. The molecule has 1 aromatic rings. The van der Waals surface area contributed by atoms with Crippen molar-refractivity contribution < 1.29 is 9.18 Å². The van der Waals surface area contributed by atoms with Gasteiger partial charge in [0.15, 0.2) is 0 Å². The SMILES string of the molecule is CC(NC(=O)C1(N)CC1)c1c(Cl)ccc(F)c1Cl. The van der Waals surface area contributed by atoms with Crippen LogP contribution in [0, 0.1) is 5.82 Å².